The second kappa shape index (κ2) is 9.70. The van der Waals surface area contributed by atoms with Crippen LogP contribution in [0.25, 0.3) is 22.4 Å². The van der Waals surface area contributed by atoms with Crippen LogP contribution in [0.2, 0.25) is 0 Å². The van der Waals surface area contributed by atoms with Gasteiger partial charge in [-0.1, -0.05) is 6.07 Å². The molecule has 0 bridgehead atoms. The molecule has 3 heterocycles. The van der Waals surface area contributed by atoms with Gasteiger partial charge in [-0.15, -0.1) is 0 Å². The van der Waals surface area contributed by atoms with Gasteiger partial charge in [-0.05, 0) is 47.9 Å². The number of aryl methyl sites for hydroxylation is 2. The minimum absolute atomic E-state index is 0.210. The van der Waals surface area contributed by atoms with Crippen LogP contribution in [0.1, 0.15) is 21.5 Å². The van der Waals surface area contributed by atoms with Crippen LogP contribution in [0.15, 0.2) is 55.1 Å². The third-order valence-corrected chi connectivity index (χ3v) is 5.23. The summed E-state index contributed by atoms with van der Waals surface area (Å²) in [6.45, 7) is 2.02. The molecule has 0 atom stereocenters. The summed E-state index contributed by atoms with van der Waals surface area (Å²) in [5.41, 5.74) is 4.31. The minimum atomic E-state index is -0.349. The first-order valence-electron chi connectivity index (χ1n) is 10.5. The summed E-state index contributed by atoms with van der Waals surface area (Å²) >= 11 is 0. The predicted molar refractivity (Wildman–Crippen MR) is 125 cm³/mol. The van der Waals surface area contributed by atoms with E-state index in [1.54, 1.807) is 48.6 Å². The zero-order valence-electron chi connectivity index (χ0n) is 19.3. The van der Waals surface area contributed by atoms with Gasteiger partial charge >= 0.3 is 0 Å². The number of nitrogens with one attached hydrogen (secondary N) is 1. The Labute approximate surface area is 196 Å². The lowest BCUT2D eigenvalue weighted by Gasteiger charge is -2.12. The number of rotatable bonds is 7. The largest absolute Gasteiger partial charge is 0.491 e. The highest BCUT2D eigenvalue weighted by Gasteiger charge is 2.18. The van der Waals surface area contributed by atoms with Crippen molar-refractivity contribution in [3.63, 3.8) is 0 Å². The molecule has 4 rings (SSSR count). The van der Waals surface area contributed by atoms with E-state index >= 15 is 0 Å². The van der Waals surface area contributed by atoms with Crippen molar-refractivity contribution in [2.45, 2.75) is 13.5 Å². The van der Waals surface area contributed by atoms with E-state index in [0.29, 0.717) is 39.6 Å². The standard InChI is InChI=1S/C25H24FN5O3/c1-15-5-17(8-20(26)6-15)18-9-21(23(27-12-18)19-13-30-31(2)14-19)24(32)28-10-16-7-22(33-3)25(34-4)29-11-16/h5-9,11-14H,10H2,1-4H3,(H,28,32). The van der Waals surface area contributed by atoms with E-state index in [1.165, 1.54) is 26.4 Å². The molecule has 3 aromatic heterocycles. The van der Waals surface area contributed by atoms with Crippen LogP contribution in [-0.4, -0.2) is 39.9 Å². The van der Waals surface area contributed by atoms with Crippen molar-refractivity contribution in [3.8, 4) is 34.0 Å². The van der Waals surface area contributed by atoms with Crippen molar-refractivity contribution in [2.24, 2.45) is 7.05 Å². The highest BCUT2D eigenvalue weighted by atomic mass is 19.1. The number of aromatic nitrogens is 4. The first-order valence-corrected chi connectivity index (χ1v) is 10.5. The summed E-state index contributed by atoms with van der Waals surface area (Å²) in [6, 6.07) is 8.18. The first kappa shape index (κ1) is 22.9. The number of pyridine rings is 2. The quantitative estimate of drug-likeness (QED) is 0.448. The molecule has 0 aliphatic heterocycles. The zero-order chi connectivity index (χ0) is 24.2. The first-order chi connectivity index (χ1) is 16.4. The van der Waals surface area contributed by atoms with Crippen LogP contribution >= 0.6 is 0 Å². The molecule has 0 fully saturated rings. The van der Waals surface area contributed by atoms with Crippen LogP contribution in [-0.2, 0) is 13.6 Å². The normalized spacial score (nSPS) is 10.7. The Hall–Kier alpha value is -4.27. The number of carbonyl (C=O) groups is 1. The maximum atomic E-state index is 14.0. The van der Waals surface area contributed by atoms with Crippen LogP contribution in [0.4, 0.5) is 4.39 Å². The molecule has 0 unspecified atom stereocenters. The molecule has 0 radical (unpaired) electrons. The minimum Gasteiger partial charge on any atom is -0.491 e. The molecule has 174 valence electrons. The molecule has 0 saturated carbocycles. The van der Waals surface area contributed by atoms with Crippen molar-refractivity contribution in [3.05, 3.63) is 77.6 Å². The van der Waals surface area contributed by atoms with Gasteiger partial charge in [0, 0.05) is 43.3 Å². The van der Waals surface area contributed by atoms with E-state index in [1.807, 2.05) is 13.0 Å². The smallest absolute Gasteiger partial charge is 0.256 e. The van der Waals surface area contributed by atoms with Gasteiger partial charge in [0.25, 0.3) is 11.8 Å². The van der Waals surface area contributed by atoms with E-state index in [9.17, 15) is 9.18 Å². The third kappa shape index (κ3) is 4.88. The maximum absolute atomic E-state index is 14.0. The van der Waals surface area contributed by atoms with E-state index in [0.717, 1.165) is 11.1 Å². The number of hydrogen-bond acceptors (Lipinski definition) is 6. The topological polar surface area (TPSA) is 91.2 Å². The van der Waals surface area contributed by atoms with Crippen molar-refractivity contribution in [1.82, 2.24) is 25.1 Å². The Bertz CT molecular complexity index is 1330. The van der Waals surface area contributed by atoms with Gasteiger partial charge in [0.05, 0.1) is 31.7 Å². The Kier molecular flexibility index (Phi) is 6.53. The number of carbonyl (C=O) groups excluding carboxylic acids is 1. The SMILES string of the molecule is COc1cc(CNC(=O)c2cc(-c3cc(C)cc(F)c3)cnc2-c2cnn(C)c2)cnc1OC. The molecule has 1 amide bonds. The average molecular weight is 461 g/mol. The monoisotopic (exact) mass is 461 g/mol. The predicted octanol–water partition coefficient (Wildman–Crippen LogP) is 3.94. The van der Waals surface area contributed by atoms with E-state index < -0.39 is 0 Å². The molecule has 0 spiro atoms. The van der Waals surface area contributed by atoms with Gasteiger partial charge in [0.2, 0.25) is 0 Å². The average Bonchev–Trinajstić information content (AvgIpc) is 3.27. The Morgan fingerprint density at radius 3 is 2.50 bits per heavy atom. The summed E-state index contributed by atoms with van der Waals surface area (Å²) in [5.74, 6) is 0.142. The van der Waals surface area contributed by atoms with E-state index in [2.05, 4.69) is 20.4 Å². The number of benzene rings is 1. The van der Waals surface area contributed by atoms with Crippen molar-refractivity contribution in [1.29, 1.82) is 0 Å². The number of nitrogens with zero attached hydrogens (tertiary/aromatic N) is 4. The van der Waals surface area contributed by atoms with Crippen LogP contribution < -0.4 is 14.8 Å². The fraction of sp³-hybridized carbons (Fsp3) is 0.200. The molecular formula is C25H24FN5O3. The molecular weight excluding hydrogens is 437 g/mol. The van der Waals surface area contributed by atoms with Gasteiger partial charge in [-0.25, -0.2) is 9.37 Å². The summed E-state index contributed by atoms with van der Waals surface area (Å²) in [5, 5.41) is 7.09. The lowest BCUT2D eigenvalue weighted by Crippen LogP contribution is -2.24. The zero-order valence-corrected chi connectivity index (χ0v) is 19.3. The van der Waals surface area contributed by atoms with Crippen LogP contribution in [0.3, 0.4) is 0 Å². The molecule has 4 aromatic rings. The molecule has 0 saturated heterocycles. The van der Waals surface area contributed by atoms with Crippen molar-refractivity contribution >= 4 is 5.91 Å². The summed E-state index contributed by atoms with van der Waals surface area (Å²) in [7, 11) is 4.82. The molecule has 0 aliphatic rings. The maximum Gasteiger partial charge on any atom is 0.256 e. The molecule has 8 nitrogen and oxygen atoms in total. The summed E-state index contributed by atoms with van der Waals surface area (Å²) < 4.78 is 26.1. The number of ether oxygens (including phenoxy) is 2. The van der Waals surface area contributed by atoms with Gasteiger partial charge in [0.1, 0.15) is 5.82 Å². The van der Waals surface area contributed by atoms with Gasteiger partial charge in [-0.2, -0.15) is 5.10 Å². The van der Waals surface area contributed by atoms with Gasteiger partial charge in [0.15, 0.2) is 5.75 Å². The van der Waals surface area contributed by atoms with E-state index in [4.69, 9.17) is 9.47 Å². The second-order valence-corrected chi connectivity index (χ2v) is 7.78. The fourth-order valence-corrected chi connectivity index (χ4v) is 3.62. The molecule has 9 heteroatoms. The highest BCUT2D eigenvalue weighted by molar-refractivity contribution is 6.00. The molecule has 1 aromatic carbocycles. The van der Waals surface area contributed by atoms with Crippen LogP contribution in [0, 0.1) is 12.7 Å². The fourth-order valence-electron chi connectivity index (χ4n) is 3.62. The Balaban J connectivity index is 1.68. The number of methoxy groups -OCH3 is 2. The summed E-state index contributed by atoms with van der Waals surface area (Å²) in [6.07, 6.45) is 6.66. The van der Waals surface area contributed by atoms with Crippen molar-refractivity contribution in [2.75, 3.05) is 14.2 Å². The lowest BCUT2D eigenvalue weighted by atomic mass is 10.00. The second-order valence-electron chi connectivity index (χ2n) is 7.78. The number of hydrogen-bond donors (Lipinski definition) is 1. The highest BCUT2D eigenvalue weighted by Crippen LogP contribution is 2.28. The van der Waals surface area contributed by atoms with Crippen molar-refractivity contribution < 1.29 is 18.7 Å². The summed E-state index contributed by atoms with van der Waals surface area (Å²) in [4.78, 5) is 22.0. The number of amides is 1. The van der Waals surface area contributed by atoms with Crippen LogP contribution in [0.5, 0.6) is 11.6 Å². The number of halogens is 1. The molecule has 0 aliphatic carbocycles. The van der Waals surface area contributed by atoms with Gasteiger partial charge < -0.3 is 14.8 Å². The lowest BCUT2D eigenvalue weighted by molar-refractivity contribution is 0.0951. The van der Waals surface area contributed by atoms with Gasteiger partial charge in [-0.3, -0.25) is 14.5 Å². The van der Waals surface area contributed by atoms with E-state index in [-0.39, 0.29) is 18.3 Å². The molecule has 34 heavy (non-hydrogen) atoms. The Morgan fingerprint density at radius 2 is 1.82 bits per heavy atom. The third-order valence-electron chi connectivity index (χ3n) is 5.23. The Morgan fingerprint density at radius 1 is 1.00 bits per heavy atom. The molecule has 1 N–H and O–H groups in total.